The Morgan fingerprint density at radius 2 is 1.64 bits per heavy atom. The van der Waals surface area contributed by atoms with Crippen LogP contribution in [-0.4, -0.2) is 22.1 Å². The molecule has 1 amide bonds. The molecule has 0 atom stereocenters. The van der Waals surface area contributed by atoms with Gasteiger partial charge in [0.1, 0.15) is 5.76 Å². The van der Waals surface area contributed by atoms with Crippen LogP contribution < -0.4 is 10.6 Å². The van der Waals surface area contributed by atoms with Gasteiger partial charge in [0.2, 0.25) is 5.76 Å². The highest BCUT2D eigenvalue weighted by Gasteiger charge is 2.15. The van der Waals surface area contributed by atoms with Gasteiger partial charge in [0.25, 0.3) is 5.91 Å². The van der Waals surface area contributed by atoms with Crippen LogP contribution in [0, 0.1) is 13.8 Å². The number of nitrogens with one attached hydrogen (secondary N) is 2. The van der Waals surface area contributed by atoms with E-state index in [0.29, 0.717) is 22.6 Å². The normalized spacial score (nSPS) is 10.4. The fourth-order valence-corrected chi connectivity index (χ4v) is 2.81. The third-order valence-electron chi connectivity index (χ3n) is 4.05. The quantitative estimate of drug-likeness (QED) is 0.569. The van der Waals surface area contributed by atoms with Crippen LogP contribution in [0.2, 0.25) is 0 Å². The van der Waals surface area contributed by atoms with Crippen molar-refractivity contribution < 1.29 is 19.1 Å². The fourth-order valence-electron chi connectivity index (χ4n) is 2.61. The van der Waals surface area contributed by atoms with Crippen molar-refractivity contribution in [3.63, 3.8) is 0 Å². The van der Waals surface area contributed by atoms with Crippen LogP contribution in [0.5, 0.6) is 0 Å². The number of carboxylic acid groups (broad SMARTS) is 1. The number of amides is 1. The summed E-state index contributed by atoms with van der Waals surface area (Å²) in [6.07, 6.45) is 0. The van der Waals surface area contributed by atoms with Crippen LogP contribution >= 0.6 is 12.2 Å². The van der Waals surface area contributed by atoms with Gasteiger partial charge in [0.15, 0.2) is 5.11 Å². The minimum atomic E-state index is -1.14. The van der Waals surface area contributed by atoms with Gasteiger partial charge in [-0.15, -0.1) is 0 Å². The zero-order chi connectivity index (χ0) is 20.3. The summed E-state index contributed by atoms with van der Waals surface area (Å²) in [5.41, 5.74) is 3.74. The van der Waals surface area contributed by atoms with Crippen molar-refractivity contribution in [3.8, 4) is 11.3 Å². The fraction of sp³-hybridized carbons (Fsp3) is 0.0952. The van der Waals surface area contributed by atoms with E-state index >= 15 is 0 Å². The van der Waals surface area contributed by atoms with E-state index in [4.69, 9.17) is 21.7 Å². The lowest BCUT2D eigenvalue weighted by Gasteiger charge is -2.13. The van der Waals surface area contributed by atoms with Gasteiger partial charge in [-0.25, -0.2) is 4.79 Å². The van der Waals surface area contributed by atoms with Gasteiger partial charge >= 0.3 is 5.97 Å². The number of hydrogen-bond donors (Lipinski definition) is 3. The lowest BCUT2D eigenvalue weighted by atomic mass is 10.1. The van der Waals surface area contributed by atoms with E-state index in [-0.39, 0.29) is 16.8 Å². The number of thiocarbonyl (C=S) groups is 1. The number of carbonyl (C=O) groups is 2. The van der Waals surface area contributed by atoms with Crippen LogP contribution in [0.1, 0.15) is 32.0 Å². The molecule has 0 bridgehead atoms. The van der Waals surface area contributed by atoms with Crippen LogP contribution in [0.3, 0.4) is 0 Å². The summed E-state index contributed by atoms with van der Waals surface area (Å²) in [5, 5.41) is 14.8. The second-order valence-electron chi connectivity index (χ2n) is 6.29. The number of aryl methyl sites for hydroxylation is 2. The highest BCUT2D eigenvalue weighted by atomic mass is 32.1. The summed E-state index contributed by atoms with van der Waals surface area (Å²) in [6, 6.07) is 15.6. The Hall–Kier alpha value is -3.45. The highest BCUT2D eigenvalue weighted by molar-refractivity contribution is 7.80. The molecule has 0 aliphatic rings. The standard InChI is InChI=1S/C21H18N2O4S/c1-12-3-6-14(7-4-12)19(24)23-21(28)22-16-11-13(2)5-8-15(16)17-9-10-18(27-17)20(25)26/h3-11H,1-2H3,(H,25,26)(H2,22,23,24,28). The van der Waals surface area contributed by atoms with Gasteiger partial charge in [-0.1, -0.05) is 23.8 Å². The van der Waals surface area contributed by atoms with Crippen molar-refractivity contribution in [3.05, 3.63) is 77.0 Å². The summed E-state index contributed by atoms with van der Waals surface area (Å²) in [6.45, 7) is 3.85. The highest BCUT2D eigenvalue weighted by Crippen LogP contribution is 2.30. The number of carbonyl (C=O) groups excluding carboxylic acids is 1. The van der Waals surface area contributed by atoms with Gasteiger partial charge < -0.3 is 14.8 Å². The number of hydrogen-bond acceptors (Lipinski definition) is 4. The molecule has 0 spiro atoms. The maximum Gasteiger partial charge on any atom is 0.371 e. The van der Waals surface area contributed by atoms with Crippen molar-refractivity contribution >= 4 is 34.9 Å². The van der Waals surface area contributed by atoms with Crippen LogP contribution in [0.4, 0.5) is 5.69 Å². The molecule has 0 aliphatic heterocycles. The Morgan fingerprint density at radius 3 is 2.29 bits per heavy atom. The summed E-state index contributed by atoms with van der Waals surface area (Å²) in [4.78, 5) is 23.4. The molecular formula is C21H18N2O4S. The zero-order valence-corrected chi connectivity index (χ0v) is 16.1. The van der Waals surface area contributed by atoms with E-state index in [1.807, 2.05) is 38.1 Å². The summed E-state index contributed by atoms with van der Waals surface area (Å²) in [5.74, 6) is -1.24. The SMILES string of the molecule is Cc1ccc(C(=O)NC(=S)Nc2cc(C)ccc2-c2ccc(C(=O)O)o2)cc1. The molecule has 7 heteroatoms. The monoisotopic (exact) mass is 394 g/mol. The number of benzene rings is 2. The number of carboxylic acids is 1. The van der Waals surface area contributed by atoms with E-state index < -0.39 is 5.97 Å². The van der Waals surface area contributed by atoms with Crippen LogP contribution in [0.25, 0.3) is 11.3 Å². The molecule has 0 fully saturated rings. The number of aromatic carboxylic acids is 1. The van der Waals surface area contributed by atoms with Crippen molar-refractivity contribution in [2.45, 2.75) is 13.8 Å². The van der Waals surface area contributed by atoms with E-state index in [9.17, 15) is 9.59 Å². The molecule has 28 heavy (non-hydrogen) atoms. The molecule has 1 heterocycles. The largest absolute Gasteiger partial charge is 0.475 e. The molecule has 0 saturated heterocycles. The Morgan fingerprint density at radius 1 is 0.964 bits per heavy atom. The predicted octanol–water partition coefficient (Wildman–Crippen LogP) is 4.39. The Bertz CT molecular complexity index is 1050. The van der Waals surface area contributed by atoms with Crippen molar-refractivity contribution in [2.24, 2.45) is 0 Å². The first kappa shape index (κ1) is 19.3. The molecule has 0 unspecified atom stereocenters. The second-order valence-corrected chi connectivity index (χ2v) is 6.70. The second kappa shape index (κ2) is 8.06. The third-order valence-corrected chi connectivity index (χ3v) is 4.25. The van der Waals surface area contributed by atoms with Gasteiger partial charge in [-0.3, -0.25) is 10.1 Å². The maximum atomic E-state index is 12.3. The average molecular weight is 394 g/mol. The molecule has 6 nitrogen and oxygen atoms in total. The molecule has 0 aliphatic carbocycles. The molecule has 0 saturated carbocycles. The van der Waals surface area contributed by atoms with E-state index in [0.717, 1.165) is 11.1 Å². The molecule has 0 radical (unpaired) electrons. The van der Waals surface area contributed by atoms with Crippen molar-refractivity contribution in [1.29, 1.82) is 0 Å². The van der Waals surface area contributed by atoms with Gasteiger partial charge in [0.05, 0.1) is 5.69 Å². The van der Waals surface area contributed by atoms with Gasteiger partial charge in [0, 0.05) is 11.1 Å². The van der Waals surface area contributed by atoms with Gasteiger partial charge in [-0.05, 0) is 68.0 Å². The molecule has 3 N–H and O–H groups in total. The minimum absolute atomic E-state index is 0.127. The number of furan rings is 1. The minimum Gasteiger partial charge on any atom is -0.475 e. The molecule has 1 aromatic heterocycles. The summed E-state index contributed by atoms with van der Waals surface area (Å²) >= 11 is 5.27. The van der Waals surface area contributed by atoms with Gasteiger partial charge in [-0.2, -0.15) is 0 Å². The summed E-state index contributed by atoms with van der Waals surface area (Å²) in [7, 11) is 0. The molecule has 3 aromatic rings. The third kappa shape index (κ3) is 4.44. The van der Waals surface area contributed by atoms with Crippen LogP contribution in [-0.2, 0) is 0 Å². The maximum absolute atomic E-state index is 12.3. The first-order valence-electron chi connectivity index (χ1n) is 8.46. The molecule has 3 rings (SSSR count). The number of rotatable bonds is 4. The lowest BCUT2D eigenvalue weighted by molar-refractivity contribution is 0.0663. The Kier molecular flexibility index (Phi) is 5.56. The van der Waals surface area contributed by atoms with Crippen molar-refractivity contribution in [1.82, 2.24) is 5.32 Å². The van der Waals surface area contributed by atoms with Crippen LogP contribution in [0.15, 0.2) is 59.0 Å². The van der Waals surface area contributed by atoms with E-state index in [1.54, 1.807) is 24.3 Å². The first-order valence-corrected chi connectivity index (χ1v) is 8.87. The Balaban J connectivity index is 1.80. The zero-order valence-electron chi connectivity index (χ0n) is 15.3. The summed E-state index contributed by atoms with van der Waals surface area (Å²) < 4.78 is 5.38. The number of anilines is 1. The smallest absolute Gasteiger partial charge is 0.371 e. The predicted molar refractivity (Wildman–Crippen MR) is 111 cm³/mol. The topological polar surface area (TPSA) is 91.6 Å². The van der Waals surface area contributed by atoms with E-state index in [2.05, 4.69) is 10.6 Å². The molecule has 142 valence electrons. The average Bonchev–Trinajstić information content (AvgIpc) is 3.12. The molecular weight excluding hydrogens is 376 g/mol. The lowest BCUT2D eigenvalue weighted by Crippen LogP contribution is -2.34. The Labute approximate surface area is 167 Å². The van der Waals surface area contributed by atoms with Crippen molar-refractivity contribution in [2.75, 3.05) is 5.32 Å². The first-order chi connectivity index (χ1) is 13.3. The molecule has 2 aromatic carbocycles. The van der Waals surface area contributed by atoms with E-state index in [1.165, 1.54) is 6.07 Å².